The lowest BCUT2D eigenvalue weighted by Gasteiger charge is -2.34. The van der Waals surface area contributed by atoms with Crippen molar-refractivity contribution in [2.45, 2.75) is 131 Å². The van der Waals surface area contributed by atoms with E-state index in [0.717, 1.165) is 83.8 Å². The number of rotatable bonds is 8. The second-order valence-corrected chi connectivity index (χ2v) is 27.1. The lowest BCUT2D eigenvalue weighted by Crippen LogP contribution is -2.23. The zero-order valence-electron chi connectivity index (χ0n) is 49.7. The van der Waals surface area contributed by atoms with Crippen LogP contribution in [0.3, 0.4) is 0 Å². The van der Waals surface area contributed by atoms with Gasteiger partial charge < -0.3 is 4.74 Å². The Kier molecular flexibility index (Phi) is 13.4. The molecule has 0 fully saturated rings. The molecule has 2 aromatic heterocycles. The molecule has 0 amide bonds. The number of hydrogen-bond acceptors (Lipinski definition) is 2. The summed E-state index contributed by atoms with van der Waals surface area (Å²) in [6.45, 7) is 34.0. The van der Waals surface area contributed by atoms with E-state index in [2.05, 4.69) is 239 Å². The molecular weight excluding hydrogens is 999 g/mol. The van der Waals surface area contributed by atoms with Gasteiger partial charge in [0.2, 0.25) is 11.4 Å². The van der Waals surface area contributed by atoms with Crippen molar-refractivity contribution < 1.29 is 13.5 Å². The molecule has 0 saturated heterocycles. The summed E-state index contributed by atoms with van der Waals surface area (Å²) in [7, 11) is 0. The first-order valence-electron chi connectivity index (χ1n) is 28.3. The lowest BCUT2D eigenvalue weighted by atomic mass is 9.71. The topological polar surface area (TPSA) is 33.1 Å². The van der Waals surface area contributed by atoms with E-state index in [1.807, 2.05) is 36.5 Å². The largest absolute Gasteiger partial charge is 0.503 e. The average Bonchev–Trinajstić information content (AvgIpc) is 3.22. The number of para-hydroxylation sites is 3. The van der Waals surface area contributed by atoms with Crippen LogP contribution in [0.25, 0.3) is 61.0 Å². The summed E-state index contributed by atoms with van der Waals surface area (Å²) in [5.74, 6) is 1.55. The Balaban J connectivity index is 1.21. The van der Waals surface area contributed by atoms with Crippen molar-refractivity contribution in [1.82, 2.24) is 18.7 Å². The number of benzene rings is 8. The molecule has 0 bridgehead atoms. The van der Waals surface area contributed by atoms with Crippen LogP contribution in [-0.2, 0) is 27.1 Å². The molecule has 5 nitrogen and oxygen atoms in total. The van der Waals surface area contributed by atoms with Crippen LogP contribution in [0.15, 0.2) is 176 Å². The molecule has 1 aliphatic heterocycles. The molecule has 10 aromatic rings. The minimum Gasteiger partial charge on any atom is -0.457 e. The molecular formula is C74H74F2N4O+2. The predicted molar refractivity (Wildman–Crippen MR) is 336 cm³/mol. The number of aromatic nitrogens is 2. The number of hydrogen-bond donors (Lipinski definition) is 0. The fourth-order valence-electron chi connectivity index (χ4n) is 11.3. The molecule has 0 spiro atoms. The summed E-state index contributed by atoms with van der Waals surface area (Å²) in [5.41, 5.74) is 16.3. The maximum atomic E-state index is 14.8. The minimum absolute atomic E-state index is 0.0748. The molecule has 0 N–H and O–H groups in total. The third-order valence-corrected chi connectivity index (χ3v) is 15.9. The van der Waals surface area contributed by atoms with Crippen molar-refractivity contribution in [2.24, 2.45) is 0 Å². The highest BCUT2D eigenvalue weighted by Crippen LogP contribution is 2.50. The summed E-state index contributed by atoms with van der Waals surface area (Å²) < 4.78 is 43.5. The van der Waals surface area contributed by atoms with Crippen molar-refractivity contribution >= 4 is 50.6 Å². The molecule has 1 aliphatic rings. The summed E-state index contributed by atoms with van der Waals surface area (Å²) in [6, 6.07) is 60.7. The molecule has 0 unspecified atom stereocenters. The standard InChI is InChI=1S/C74H74F2N4O/c1-70(2,3)49-34-35-77-67(42-49)80-63-21-17-16-20-57(63)58-33-32-55(44-66(58)80)81-56-37-48(68-61(73(10,11)12)40-51(72(7,8)9)41-62(68)74(13,14)15)36-54(43-56)78-45-79(65-23-19-18-22-64(65)78)69-59(46-24-28-52(75)29-25-46)38-50(71(4,5)6)39-60(69)47-26-30-53(76)31-27-47/h16-44H,1-15H3/q+2. The van der Waals surface area contributed by atoms with Gasteiger partial charge in [0.05, 0.1) is 28.2 Å². The zero-order valence-corrected chi connectivity index (χ0v) is 49.7. The second kappa shape index (κ2) is 19.8. The SMILES string of the molecule is CC(C)(C)c1ccnc(-n2c3ccccc3c3ccc(Oc4cc(-c5c(C(C)(C)C)cc(C(C)(C)C)cc5C(C)(C)C)cc([N+]5=C=[N+](c6c(-c7ccc(F)cc7)cc(C(C)(C)C)cc6-c6ccc(F)cc6)c6ccccc65)c4)cc32)c1. The van der Waals surface area contributed by atoms with Gasteiger partial charge in [0.25, 0.3) is 11.4 Å². The van der Waals surface area contributed by atoms with E-state index < -0.39 is 0 Å². The Morgan fingerprint density at radius 2 is 0.951 bits per heavy atom. The number of fused-ring (bicyclic) bond motifs is 4. The fourth-order valence-corrected chi connectivity index (χ4v) is 11.3. The van der Waals surface area contributed by atoms with Crippen LogP contribution in [0.1, 0.15) is 132 Å². The van der Waals surface area contributed by atoms with Crippen LogP contribution in [0.2, 0.25) is 0 Å². The Morgan fingerprint density at radius 1 is 0.432 bits per heavy atom. The smallest absolute Gasteiger partial charge is 0.457 e. The van der Waals surface area contributed by atoms with E-state index in [9.17, 15) is 8.78 Å². The number of ether oxygens (including phenoxy) is 1. The quantitative estimate of drug-likeness (QED) is 0.142. The molecule has 81 heavy (non-hydrogen) atoms. The van der Waals surface area contributed by atoms with E-state index in [4.69, 9.17) is 9.72 Å². The van der Waals surface area contributed by atoms with Gasteiger partial charge in [0.15, 0.2) is 0 Å². The third-order valence-electron chi connectivity index (χ3n) is 15.9. The van der Waals surface area contributed by atoms with Gasteiger partial charge in [-0.1, -0.05) is 171 Å². The first-order valence-corrected chi connectivity index (χ1v) is 28.3. The second-order valence-electron chi connectivity index (χ2n) is 27.1. The molecule has 8 aromatic carbocycles. The van der Waals surface area contributed by atoms with Crippen LogP contribution in [0.5, 0.6) is 11.5 Å². The van der Waals surface area contributed by atoms with Crippen LogP contribution in [0, 0.1) is 11.6 Å². The summed E-state index contributed by atoms with van der Waals surface area (Å²) in [4.78, 5) is 4.98. The Morgan fingerprint density at radius 3 is 1.51 bits per heavy atom. The van der Waals surface area contributed by atoms with Crippen molar-refractivity contribution in [3.63, 3.8) is 0 Å². The molecule has 11 rings (SSSR count). The van der Waals surface area contributed by atoms with Crippen LogP contribution >= 0.6 is 0 Å². The number of nitrogens with zero attached hydrogens (tertiary/aromatic N) is 4. The summed E-state index contributed by atoms with van der Waals surface area (Å²) in [5, 5.41) is 2.24. The van der Waals surface area contributed by atoms with Gasteiger partial charge in [-0.3, -0.25) is 4.57 Å². The highest BCUT2D eigenvalue weighted by molar-refractivity contribution is 6.09. The normalized spacial score (nSPS) is 13.2. The Bertz CT molecular complexity index is 4090. The van der Waals surface area contributed by atoms with Crippen LogP contribution in [-0.4, -0.2) is 15.6 Å². The van der Waals surface area contributed by atoms with E-state index in [1.165, 1.54) is 52.1 Å². The van der Waals surface area contributed by atoms with E-state index in [0.29, 0.717) is 11.5 Å². The van der Waals surface area contributed by atoms with Crippen molar-refractivity contribution in [3.8, 4) is 50.7 Å². The summed E-state index contributed by atoms with van der Waals surface area (Å²) in [6.07, 6.45) is 1.91. The molecule has 0 saturated carbocycles. The maximum absolute atomic E-state index is 14.8. The van der Waals surface area contributed by atoms with Crippen molar-refractivity contribution in [2.75, 3.05) is 0 Å². The first kappa shape index (κ1) is 54.7. The van der Waals surface area contributed by atoms with Gasteiger partial charge in [-0.15, -0.1) is 0 Å². The molecule has 0 atom stereocenters. The third kappa shape index (κ3) is 10.5. The molecule has 0 aliphatic carbocycles. The number of pyridine rings is 1. The minimum atomic E-state index is -0.317. The lowest BCUT2D eigenvalue weighted by molar-refractivity contribution is 0.483. The van der Waals surface area contributed by atoms with Gasteiger partial charge in [-0.2, -0.15) is 0 Å². The van der Waals surface area contributed by atoms with E-state index >= 15 is 0 Å². The highest BCUT2D eigenvalue weighted by Gasteiger charge is 2.41. The average molecular weight is 1070 g/mol. The molecule has 408 valence electrons. The van der Waals surface area contributed by atoms with Gasteiger partial charge in [-0.05, 0) is 159 Å². The summed E-state index contributed by atoms with van der Waals surface area (Å²) >= 11 is 0. The van der Waals surface area contributed by atoms with Crippen LogP contribution in [0.4, 0.5) is 31.5 Å². The Labute approximate surface area is 477 Å². The predicted octanol–water partition coefficient (Wildman–Crippen LogP) is 20.6. The van der Waals surface area contributed by atoms with E-state index in [1.54, 1.807) is 0 Å². The monoisotopic (exact) mass is 1070 g/mol. The van der Waals surface area contributed by atoms with Gasteiger partial charge in [0, 0.05) is 41.2 Å². The van der Waals surface area contributed by atoms with Gasteiger partial charge in [-0.25, -0.2) is 13.8 Å². The van der Waals surface area contributed by atoms with Crippen molar-refractivity contribution in [3.05, 3.63) is 216 Å². The molecule has 0 radical (unpaired) electrons. The van der Waals surface area contributed by atoms with Crippen molar-refractivity contribution in [1.29, 1.82) is 0 Å². The van der Waals surface area contributed by atoms with Gasteiger partial charge in [0.1, 0.15) is 29.0 Å². The maximum Gasteiger partial charge on any atom is 0.503 e. The Hall–Kier alpha value is -8.25. The zero-order chi connectivity index (χ0) is 57.7. The molecule has 7 heteroatoms. The number of halogens is 2. The fraction of sp³-hybridized carbons (Fsp3) is 0.270. The van der Waals surface area contributed by atoms with Gasteiger partial charge >= 0.3 is 6.01 Å². The highest BCUT2D eigenvalue weighted by atomic mass is 19.1. The van der Waals surface area contributed by atoms with E-state index in [-0.39, 0.29) is 38.7 Å². The first-order chi connectivity index (χ1) is 38.1. The van der Waals surface area contributed by atoms with Crippen LogP contribution < -0.4 is 13.9 Å². The molecule has 3 heterocycles.